The number of Topliss-reactive ketones (excluding diaryl/α,β-unsaturated/α-hetero) is 1. The molecular weight excluding hydrogens is 214 g/mol. The molecule has 2 N–H and O–H groups in total. The number of hydrogen-bond donors (Lipinski definition) is 1. The van der Waals surface area contributed by atoms with Gasteiger partial charge in [0.2, 0.25) is 0 Å². The quantitative estimate of drug-likeness (QED) is 0.822. The minimum Gasteiger partial charge on any atom is -0.496 e. The normalized spacial score (nSPS) is 12.2. The molecule has 0 saturated heterocycles. The van der Waals surface area contributed by atoms with E-state index in [1.807, 2.05) is 32.0 Å². The fourth-order valence-electron chi connectivity index (χ4n) is 1.94. The van der Waals surface area contributed by atoms with Gasteiger partial charge in [0.05, 0.1) is 13.2 Å². The molecule has 3 nitrogen and oxygen atoms in total. The largest absolute Gasteiger partial charge is 0.496 e. The van der Waals surface area contributed by atoms with E-state index in [0.29, 0.717) is 6.42 Å². The van der Waals surface area contributed by atoms with Crippen LogP contribution in [0.25, 0.3) is 0 Å². The summed E-state index contributed by atoms with van der Waals surface area (Å²) in [4.78, 5) is 11.9. The van der Waals surface area contributed by atoms with E-state index in [-0.39, 0.29) is 11.8 Å². The number of aryl methyl sites for hydroxylation is 1. The molecule has 0 aromatic heterocycles. The number of methoxy groups -OCH3 is 1. The van der Waals surface area contributed by atoms with Crippen molar-refractivity contribution in [3.8, 4) is 5.75 Å². The highest BCUT2D eigenvalue weighted by molar-refractivity contribution is 5.86. The monoisotopic (exact) mass is 235 g/mol. The van der Waals surface area contributed by atoms with Crippen molar-refractivity contribution < 1.29 is 9.53 Å². The molecule has 0 heterocycles. The first-order chi connectivity index (χ1) is 8.10. The summed E-state index contributed by atoms with van der Waals surface area (Å²) in [6, 6.07) is 5.47. The molecule has 0 spiro atoms. The van der Waals surface area contributed by atoms with Crippen LogP contribution in [-0.2, 0) is 11.2 Å². The van der Waals surface area contributed by atoms with Crippen LogP contribution in [0, 0.1) is 6.92 Å². The third-order valence-electron chi connectivity index (χ3n) is 2.88. The summed E-state index contributed by atoms with van der Waals surface area (Å²) in [5.41, 5.74) is 7.78. The van der Waals surface area contributed by atoms with E-state index in [1.54, 1.807) is 7.11 Å². The maximum Gasteiger partial charge on any atom is 0.154 e. The maximum atomic E-state index is 11.9. The van der Waals surface area contributed by atoms with Crippen LogP contribution in [0.15, 0.2) is 18.2 Å². The van der Waals surface area contributed by atoms with E-state index in [0.717, 1.165) is 29.7 Å². The van der Waals surface area contributed by atoms with Crippen LogP contribution in [0.2, 0.25) is 0 Å². The van der Waals surface area contributed by atoms with Gasteiger partial charge in [-0.25, -0.2) is 0 Å². The molecule has 0 fully saturated rings. The van der Waals surface area contributed by atoms with E-state index in [2.05, 4.69) is 0 Å². The Hall–Kier alpha value is -1.35. The highest BCUT2D eigenvalue weighted by Gasteiger charge is 2.15. The first-order valence-electron chi connectivity index (χ1n) is 6.00. The molecule has 0 aliphatic rings. The predicted octanol–water partition coefficient (Wildman–Crippen LogP) is 2.24. The summed E-state index contributed by atoms with van der Waals surface area (Å²) in [6.45, 7) is 4.00. The lowest BCUT2D eigenvalue weighted by Gasteiger charge is -2.13. The second kappa shape index (κ2) is 6.40. The summed E-state index contributed by atoms with van der Waals surface area (Å²) in [6.07, 6.45) is 2.02. The number of benzene rings is 1. The van der Waals surface area contributed by atoms with E-state index in [1.165, 1.54) is 0 Å². The van der Waals surface area contributed by atoms with Gasteiger partial charge in [0.15, 0.2) is 5.78 Å². The van der Waals surface area contributed by atoms with Gasteiger partial charge < -0.3 is 10.5 Å². The second-order valence-electron chi connectivity index (χ2n) is 4.31. The molecule has 1 aromatic carbocycles. The zero-order valence-electron chi connectivity index (χ0n) is 10.8. The lowest BCUT2D eigenvalue weighted by Crippen LogP contribution is -2.31. The lowest BCUT2D eigenvalue weighted by atomic mass is 9.99. The fraction of sp³-hybridized carbons (Fsp3) is 0.500. The van der Waals surface area contributed by atoms with Crippen molar-refractivity contribution in [3.63, 3.8) is 0 Å². The molecule has 0 amide bonds. The standard InChI is InChI=1S/C14H21NO2/c1-4-6-12(15)13(16)9-11-8-5-7-10(2)14(11)17-3/h5,7-8,12H,4,6,9,15H2,1-3H3. The number of carbonyl (C=O) groups excluding carboxylic acids is 1. The Kier molecular flexibility index (Phi) is 5.16. The van der Waals surface area contributed by atoms with Crippen LogP contribution >= 0.6 is 0 Å². The summed E-state index contributed by atoms with van der Waals surface area (Å²) in [5, 5.41) is 0. The molecule has 0 aliphatic carbocycles. The summed E-state index contributed by atoms with van der Waals surface area (Å²) < 4.78 is 5.32. The summed E-state index contributed by atoms with van der Waals surface area (Å²) >= 11 is 0. The molecule has 0 radical (unpaired) electrons. The van der Waals surface area contributed by atoms with Gasteiger partial charge in [0, 0.05) is 12.0 Å². The third kappa shape index (κ3) is 3.56. The highest BCUT2D eigenvalue weighted by atomic mass is 16.5. The van der Waals surface area contributed by atoms with Crippen LogP contribution in [0.5, 0.6) is 5.75 Å². The number of ether oxygens (including phenoxy) is 1. The Bertz CT molecular complexity index is 388. The number of ketones is 1. The minimum absolute atomic E-state index is 0.0794. The minimum atomic E-state index is -0.356. The Labute approximate surface area is 103 Å². The average Bonchev–Trinajstić information content (AvgIpc) is 2.29. The molecule has 1 unspecified atom stereocenters. The Morgan fingerprint density at radius 2 is 2.18 bits per heavy atom. The van der Waals surface area contributed by atoms with Crippen molar-refractivity contribution in [3.05, 3.63) is 29.3 Å². The molecule has 0 bridgehead atoms. The van der Waals surface area contributed by atoms with Gasteiger partial charge in [-0.15, -0.1) is 0 Å². The van der Waals surface area contributed by atoms with Gasteiger partial charge in [-0.2, -0.15) is 0 Å². The van der Waals surface area contributed by atoms with Crippen molar-refractivity contribution in [1.82, 2.24) is 0 Å². The van der Waals surface area contributed by atoms with E-state index < -0.39 is 0 Å². The number of nitrogens with two attached hydrogens (primary N) is 1. The fourth-order valence-corrected chi connectivity index (χ4v) is 1.94. The van der Waals surface area contributed by atoms with Crippen LogP contribution in [0.3, 0.4) is 0 Å². The molecule has 1 atom stereocenters. The van der Waals surface area contributed by atoms with Crippen LogP contribution in [0.4, 0.5) is 0 Å². The van der Waals surface area contributed by atoms with E-state index >= 15 is 0 Å². The Morgan fingerprint density at radius 1 is 1.47 bits per heavy atom. The van der Waals surface area contributed by atoms with Gasteiger partial charge in [0.1, 0.15) is 5.75 Å². The van der Waals surface area contributed by atoms with E-state index in [9.17, 15) is 4.79 Å². The van der Waals surface area contributed by atoms with Gasteiger partial charge in [-0.1, -0.05) is 31.5 Å². The molecule has 17 heavy (non-hydrogen) atoms. The van der Waals surface area contributed by atoms with Crippen LogP contribution in [0.1, 0.15) is 30.9 Å². The number of para-hydroxylation sites is 1. The summed E-state index contributed by atoms with van der Waals surface area (Å²) in [7, 11) is 1.63. The third-order valence-corrected chi connectivity index (χ3v) is 2.88. The molecule has 94 valence electrons. The molecule has 0 aliphatic heterocycles. The molecule has 3 heteroatoms. The predicted molar refractivity (Wildman–Crippen MR) is 69.3 cm³/mol. The molecule has 1 rings (SSSR count). The lowest BCUT2D eigenvalue weighted by molar-refractivity contribution is -0.119. The number of hydrogen-bond acceptors (Lipinski definition) is 3. The Balaban J connectivity index is 2.81. The topological polar surface area (TPSA) is 52.3 Å². The van der Waals surface area contributed by atoms with Crippen molar-refractivity contribution in [2.24, 2.45) is 5.73 Å². The first kappa shape index (κ1) is 13.7. The van der Waals surface area contributed by atoms with Gasteiger partial charge in [-0.05, 0) is 18.9 Å². The molecule has 0 saturated carbocycles. The first-order valence-corrected chi connectivity index (χ1v) is 6.00. The van der Waals surface area contributed by atoms with Crippen molar-refractivity contribution in [2.45, 2.75) is 39.2 Å². The van der Waals surface area contributed by atoms with Gasteiger partial charge in [-0.3, -0.25) is 4.79 Å². The van der Waals surface area contributed by atoms with Gasteiger partial charge in [0.25, 0.3) is 0 Å². The van der Waals surface area contributed by atoms with Crippen LogP contribution in [-0.4, -0.2) is 18.9 Å². The average molecular weight is 235 g/mol. The zero-order valence-corrected chi connectivity index (χ0v) is 10.8. The smallest absolute Gasteiger partial charge is 0.154 e. The van der Waals surface area contributed by atoms with Crippen molar-refractivity contribution >= 4 is 5.78 Å². The Morgan fingerprint density at radius 3 is 2.76 bits per heavy atom. The summed E-state index contributed by atoms with van der Waals surface area (Å²) in [5.74, 6) is 0.875. The number of rotatable bonds is 6. The maximum absolute atomic E-state index is 11.9. The second-order valence-corrected chi connectivity index (χ2v) is 4.31. The van der Waals surface area contributed by atoms with Crippen molar-refractivity contribution in [2.75, 3.05) is 7.11 Å². The zero-order chi connectivity index (χ0) is 12.8. The molecular formula is C14H21NO2. The van der Waals surface area contributed by atoms with Crippen molar-refractivity contribution in [1.29, 1.82) is 0 Å². The number of carbonyl (C=O) groups is 1. The highest BCUT2D eigenvalue weighted by Crippen LogP contribution is 2.23. The molecule has 1 aromatic rings. The van der Waals surface area contributed by atoms with Crippen LogP contribution < -0.4 is 10.5 Å². The van der Waals surface area contributed by atoms with E-state index in [4.69, 9.17) is 10.5 Å². The SMILES string of the molecule is CCCC(N)C(=O)Cc1cccc(C)c1OC. The van der Waals surface area contributed by atoms with Gasteiger partial charge >= 0.3 is 0 Å².